The normalized spacial score (nSPS) is 20.4. The zero-order valence-corrected chi connectivity index (χ0v) is 15.9. The molecule has 26 heavy (non-hydrogen) atoms. The Morgan fingerprint density at radius 2 is 1.77 bits per heavy atom. The molecule has 5 nitrogen and oxygen atoms in total. The highest BCUT2D eigenvalue weighted by atomic mass is 16.2. The molecule has 2 aliphatic rings. The molecule has 2 heterocycles. The molecule has 142 valence electrons. The SMILES string of the molecule is CCCN1C(=O)CNC(=O)C12CCN(CCCCc1ccccc1)CC2. The number of benzene rings is 1. The van der Waals surface area contributed by atoms with Crippen LogP contribution in [0.1, 0.15) is 44.6 Å². The largest absolute Gasteiger partial charge is 0.345 e. The van der Waals surface area contributed by atoms with Crippen LogP contribution in [0.5, 0.6) is 0 Å². The van der Waals surface area contributed by atoms with Gasteiger partial charge in [-0.25, -0.2) is 0 Å². The van der Waals surface area contributed by atoms with Crippen LogP contribution in [0.4, 0.5) is 0 Å². The van der Waals surface area contributed by atoms with E-state index in [1.807, 2.05) is 4.90 Å². The van der Waals surface area contributed by atoms with Crippen LogP contribution in [0.25, 0.3) is 0 Å². The number of amides is 2. The Balaban J connectivity index is 1.48. The topological polar surface area (TPSA) is 52.7 Å². The molecular weight excluding hydrogens is 326 g/mol. The van der Waals surface area contributed by atoms with Gasteiger partial charge in [0.25, 0.3) is 0 Å². The van der Waals surface area contributed by atoms with Crippen molar-refractivity contribution in [1.82, 2.24) is 15.1 Å². The minimum Gasteiger partial charge on any atom is -0.345 e. The molecule has 0 saturated carbocycles. The molecule has 2 amide bonds. The summed E-state index contributed by atoms with van der Waals surface area (Å²) in [4.78, 5) is 29.2. The summed E-state index contributed by atoms with van der Waals surface area (Å²) in [5.74, 6) is 0.122. The quantitative estimate of drug-likeness (QED) is 0.761. The minimum absolute atomic E-state index is 0.0503. The van der Waals surface area contributed by atoms with E-state index in [0.717, 1.165) is 45.3 Å². The summed E-state index contributed by atoms with van der Waals surface area (Å²) in [7, 11) is 0. The average molecular weight is 357 g/mol. The zero-order chi connectivity index (χ0) is 18.4. The summed E-state index contributed by atoms with van der Waals surface area (Å²) in [5.41, 5.74) is 0.795. The number of aryl methyl sites for hydroxylation is 1. The standard InChI is InChI=1S/C21H31N3O2/c1-2-13-24-19(25)17-22-20(26)21(24)11-15-23(16-12-21)14-7-6-10-18-8-4-3-5-9-18/h3-5,8-9H,2,6-7,10-17H2,1H3,(H,22,26). The van der Waals surface area contributed by atoms with Gasteiger partial charge in [-0.2, -0.15) is 0 Å². The summed E-state index contributed by atoms with van der Waals surface area (Å²) in [6, 6.07) is 10.6. The number of nitrogens with zero attached hydrogens (tertiary/aromatic N) is 2. The second-order valence-electron chi connectivity index (χ2n) is 7.54. The van der Waals surface area contributed by atoms with Crippen LogP contribution in [-0.4, -0.2) is 59.9 Å². The second-order valence-corrected chi connectivity index (χ2v) is 7.54. The Labute approximate surface area is 156 Å². The second kappa shape index (κ2) is 8.67. The van der Waals surface area contributed by atoms with Crippen molar-refractivity contribution in [3.63, 3.8) is 0 Å². The van der Waals surface area contributed by atoms with Crippen LogP contribution in [0.2, 0.25) is 0 Å². The van der Waals surface area contributed by atoms with E-state index in [2.05, 4.69) is 47.5 Å². The highest BCUT2D eigenvalue weighted by molar-refractivity contribution is 5.98. The average Bonchev–Trinajstić information content (AvgIpc) is 2.68. The number of nitrogens with one attached hydrogen (secondary N) is 1. The predicted octanol–water partition coefficient (Wildman–Crippen LogP) is 2.21. The lowest BCUT2D eigenvalue weighted by atomic mass is 9.82. The summed E-state index contributed by atoms with van der Waals surface area (Å²) in [5, 5.41) is 2.82. The van der Waals surface area contributed by atoms with Gasteiger partial charge in [-0.1, -0.05) is 37.3 Å². The number of carbonyl (C=O) groups excluding carboxylic acids is 2. The molecule has 0 aliphatic carbocycles. The van der Waals surface area contributed by atoms with Crippen LogP contribution in [-0.2, 0) is 16.0 Å². The Hall–Kier alpha value is -1.88. The number of piperidine rings is 1. The van der Waals surface area contributed by atoms with Gasteiger partial charge in [-0.15, -0.1) is 0 Å². The van der Waals surface area contributed by atoms with E-state index in [-0.39, 0.29) is 18.4 Å². The summed E-state index contributed by atoms with van der Waals surface area (Å²) < 4.78 is 0. The van der Waals surface area contributed by atoms with Crippen LogP contribution in [0.15, 0.2) is 30.3 Å². The highest BCUT2D eigenvalue weighted by Crippen LogP contribution is 2.32. The molecule has 0 radical (unpaired) electrons. The summed E-state index contributed by atoms with van der Waals surface area (Å²) in [6.07, 6.45) is 5.88. The number of hydrogen-bond acceptors (Lipinski definition) is 3. The van der Waals surface area contributed by atoms with Crippen molar-refractivity contribution in [3.8, 4) is 0 Å². The monoisotopic (exact) mass is 357 g/mol. The zero-order valence-electron chi connectivity index (χ0n) is 15.9. The van der Waals surface area contributed by atoms with Gasteiger partial charge in [0.2, 0.25) is 11.8 Å². The molecule has 2 aliphatic heterocycles. The van der Waals surface area contributed by atoms with E-state index < -0.39 is 5.54 Å². The lowest BCUT2D eigenvalue weighted by Crippen LogP contribution is -2.70. The maximum absolute atomic E-state index is 12.6. The van der Waals surface area contributed by atoms with Gasteiger partial charge in [-0.05, 0) is 50.6 Å². The van der Waals surface area contributed by atoms with Gasteiger partial charge in [0.05, 0.1) is 6.54 Å². The lowest BCUT2D eigenvalue weighted by molar-refractivity contribution is -0.157. The fourth-order valence-electron chi connectivity index (χ4n) is 4.29. The number of likely N-dealkylation sites (tertiary alicyclic amines) is 1. The van der Waals surface area contributed by atoms with E-state index in [0.29, 0.717) is 6.54 Å². The smallest absolute Gasteiger partial charge is 0.246 e. The first-order chi connectivity index (χ1) is 12.7. The number of piperazine rings is 1. The third-order valence-electron chi connectivity index (χ3n) is 5.80. The molecule has 3 rings (SSSR count). The molecule has 1 aromatic rings. The maximum atomic E-state index is 12.6. The van der Waals surface area contributed by atoms with Crippen LogP contribution in [0, 0.1) is 0 Å². The molecule has 0 bridgehead atoms. The molecule has 1 spiro atoms. The molecule has 0 aromatic heterocycles. The maximum Gasteiger partial charge on any atom is 0.246 e. The van der Waals surface area contributed by atoms with E-state index >= 15 is 0 Å². The van der Waals surface area contributed by atoms with Crippen LogP contribution >= 0.6 is 0 Å². The molecular formula is C21H31N3O2. The Kier molecular flexibility index (Phi) is 6.30. The van der Waals surface area contributed by atoms with Gasteiger partial charge >= 0.3 is 0 Å². The van der Waals surface area contributed by atoms with Gasteiger partial charge in [0, 0.05) is 19.6 Å². The van der Waals surface area contributed by atoms with Crippen molar-refractivity contribution >= 4 is 11.8 Å². The Morgan fingerprint density at radius 1 is 1.04 bits per heavy atom. The first-order valence-corrected chi connectivity index (χ1v) is 10.0. The molecule has 2 saturated heterocycles. The van der Waals surface area contributed by atoms with E-state index in [1.54, 1.807) is 0 Å². The fourth-order valence-corrected chi connectivity index (χ4v) is 4.29. The van der Waals surface area contributed by atoms with Crippen molar-refractivity contribution in [1.29, 1.82) is 0 Å². The van der Waals surface area contributed by atoms with Crippen molar-refractivity contribution in [2.45, 2.75) is 51.0 Å². The van der Waals surface area contributed by atoms with E-state index in [4.69, 9.17) is 0 Å². The fraction of sp³-hybridized carbons (Fsp3) is 0.619. The molecule has 0 atom stereocenters. The van der Waals surface area contributed by atoms with E-state index in [9.17, 15) is 9.59 Å². The van der Waals surface area contributed by atoms with Gasteiger partial charge in [-0.3, -0.25) is 9.59 Å². The first kappa shape index (κ1) is 18.9. The van der Waals surface area contributed by atoms with Crippen LogP contribution < -0.4 is 5.32 Å². The predicted molar refractivity (Wildman–Crippen MR) is 103 cm³/mol. The minimum atomic E-state index is -0.605. The molecule has 1 aromatic carbocycles. The highest BCUT2D eigenvalue weighted by Gasteiger charge is 2.50. The number of hydrogen-bond donors (Lipinski definition) is 1. The van der Waals surface area contributed by atoms with Crippen molar-refractivity contribution in [2.24, 2.45) is 0 Å². The third-order valence-corrected chi connectivity index (χ3v) is 5.80. The molecule has 2 fully saturated rings. The number of rotatable bonds is 7. The lowest BCUT2D eigenvalue weighted by Gasteiger charge is -2.49. The summed E-state index contributed by atoms with van der Waals surface area (Å²) >= 11 is 0. The molecule has 0 unspecified atom stereocenters. The van der Waals surface area contributed by atoms with Crippen LogP contribution in [0.3, 0.4) is 0 Å². The van der Waals surface area contributed by atoms with Gasteiger partial charge < -0.3 is 15.1 Å². The van der Waals surface area contributed by atoms with Crippen molar-refractivity contribution in [3.05, 3.63) is 35.9 Å². The van der Waals surface area contributed by atoms with Gasteiger partial charge in [0.15, 0.2) is 0 Å². The van der Waals surface area contributed by atoms with Gasteiger partial charge in [0.1, 0.15) is 5.54 Å². The van der Waals surface area contributed by atoms with E-state index in [1.165, 1.54) is 18.4 Å². The first-order valence-electron chi connectivity index (χ1n) is 10.0. The Morgan fingerprint density at radius 3 is 2.46 bits per heavy atom. The van der Waals surface area contributed by atoms with Crippen molar-refractivity contribution in [2.75, 3.05) is 32.7 Å². The van der Waals surface area contributed by atoms with Crippen molar-refractivity contribution < 1.29 is 9.59 Å². The summed E-state index contributed by atoms with van der Waals surface area (Å²) in [6.45, 7) is 5.77. The number of unbranched alkanes of at least 4 members (excludes halogenated alkanes) is 1. The number of carbonyl (C=O) groups is 2. The molecule has 5 heteroatoms. The molecule has 1 N–H and O–H groups in total. The Bertz CT molecular complexity index is 609. The third kappa shape index (κ3) is 4.09.